The number of amides is 1. The Morgan fingerprint density at radius 3 is 2.95 bits per heavy atom. The largest absolute Gasteiger partial charge is 0.497 e. The molecule has 0 aromatic heterocycles. The van der Waals surface area contributed by atoms with Gasteiger partial charge in [-0.25, -0.2) is 0 Å². The van der Waals surface area contributed by atoms with Crippen molar-refractivity contribution < 1.29 is 9.53 Å². The number of ether oxygens (including phenoxy) is 1. The highest BCUT2D eigenvalue weighted by Crippen LogP contribution is 2.14. The van der Waals surface area contributed by atoms with Crippen LogP contribution in [0, 0.1) is 0 Å². The lowest BCUT2D eigenvalue weighted by molar-refractivity contribution is -0.121. The number of benzene rings is 1. The van der Waals surface area contributed by atoms with Crippen molar-refractivity contribution in [2.75, 3.05) is 20.2 Å². The van der Waals surface area contributed by atoms with E-state index in [1.54, 1.807) is 7.11 Å². The van der Waals surface area contributed by atoms with Gasteiger partial charge in [0.05, 0.1) is 7.11 Å². The summed E-state index contributed by atoms with van der Waals surface area (Å²) in [4.78, 5) is 11.9. The van der Waals surface area contributed by atoms with Crippen LogP contribution < -0.4 is 15.4 Å². The van der Waals surface area contributed by atoms with Crippen LogP contribution in [0.15, 0.2) is 24.3 Å². The lowest BCUT2D eigenvalue weighted by Gasteiger charge is -2.23. The summed E-state index contributed by atoms with van der Waals surface area (Å²) in [5.74, 6) is 0.992. The third-order valence-corrected chi connectivity index (χ3v) is 3.48. The van der Waals surface area contributed by atoms with E-state index in [2.05, 4.69) is 10.6 Å². The molecule has 1 saturated heterocycles. The van der Waals surface area contributed by atoms with Gasteiger partial charge in [0.25, 0.3) is 0 Å². The molecule has 0 unspecified atom stereocenters. The number of carbonyl (C=O) groups is 1. The first kappa shape index (κ1) is 13.9. The van der Waals surface area contributed by atoms with E-state index >= 15 is 0 Å². The fraction of sp³-hybridized carbons (Fsp3) is 0.533. The minimum atomic E-state index is 0.148. The second-order valence-electron chi connectivity index (χ2n) is 4.94. The predicted octanol–water partition coefficient (Wildman–Crippen LogP) is 1.50. The smallest absolute Gasteiger partial charge is 0.220 e. The number of methoxy groups -OCH3 is 1. The van der Waals surface area contributed by atoms with Gasteiger partial charge in [-0.05, 0) is 50.0 Å². The average molecular weight is 262 g/mol. The molecule has 1 aliphatic rings. The normalized spacial score (nSPS) is 16.1. The maximum atomic E-state index is 11.9. The van der Waals surface area contributed by atoms with Crippen molar-refractivity contribution in [1.29, 1.82) is 0 Å². The van der Waals surface area contributed by atoms with Gasteiger partial charge in [0.1, 0.15) is 5.75 Å². The van der Waals surface area contributed by atoms with Crippen molar-refractivity contribution in [2.24, 2.45) is 0 Å². The van der Waals surface area contributed by atoms with Gasteiger partial charge in [0.2, 0.25) is 5.91 Å². The fourth-order valence-electron chi connectivity index (χ4n) is 2.35. The first-order valence-electron chi connectivity index (χ1n) is 6.91. The average Bonchev–Trinajstić information content (AvgIpc) is 2.46. The topological polar surface area (TPSA) is 50.4 Å². The highest BCUT2D eigenvalue weighted by Gasteiger charge is 2.14. The van der Waals surface area contributed by atoms with E-state index in [9.17, 15) is 4.79 Å². The molecule has 2 rings (SSSR count). The summed E-state index contributed by atoms with van der Waals surface area (Å²) in [6, 6.07) is 8.23. The Bertz CT molecular complexity index is 414. The molecule has 1 amide bonds. The van der Waals surface area contributed by atoms with Crippen LogP contribution in [0.5, 0.6) is 5.75 Å². The number of aryl methyl sites for hydroxylation is 1. The maximum Gasteiger partial charge on any atom is 0.220 e. The molecule has 0 saturated carbocycles. The highest BCUT2D eigenvalue weighted by molar-refractivity contribution is 5.76. The fourth-order valence-corrected chi connectivity index (χ4v) is 2.35. The summed E-state index contributed by atoms with van der Waals surface area (Å²) < 4.78 is 5.18. The van der Waals surface area contributed by atoms with Crippen LogP contribution in [0.25, 0.3) is 0 Å². The number of hydrogen-bond donors (Lipinski definition) is 2. The Morgan fingerprint density at radius 1 is 1.42 bits per heavy atom. The van der Waals surface area contributed by atoms with Crippen LogP contribution in [-0.2, 0) is 11.2 Å². The summed E-state index contributed by atoms with van der Waals surface area (Å²) in [5.41, 5.74) is 1.14. The molecule has 4 heteroatoms. The molecule has 1 fully saturated rings. The van der Waals surface area contributed by atoms with Crippen molar-refractivity contribution in [3.05, 3.63) is 29.8 Å². The minimum Gasteiger partial charge on any atom is -0.497 e. The van der Waals surface area contributed by atoms with Crippen LogP contribution in [-0.4, -0.2) is 32.1 Å². The number of hydrogen-bond acceptors (Lipinski definition) is 3. The van der Waals surface area contributed by atoms with E-state index in [-0.39, 0.29) is 5.91 Å². The Labute approximate surface area is 114 Å². The van der Waals surface area contributed by atoms with Gasteiger partial charge < -0.3 is 15.4 Å². The minimum absolute atomic E-state index is 0.148. The van der Waals surface area contributed by atoms with Crippen molar-refractivity contribution in [3.63, 3.8) is 0 Å². The Balaban J connectivity index is 1.76. The molecule has 2 N–H and O–H groups in total. The molecule has 1 aromatic rings. The van der Waals surface area contributed by atoms with Gasteiger partial charge in [0, 0.05) is 12.5 Å². The van der Waals surface area contributed by atoms with E-state index in [4.69, 9.17) is 4.74 Å². The molecule has 0 aliphatic carbocycles. The van der Waals surface area contributed by atoms with Gasteiger partial charge in [0.15, 0.2) is 0 Å². The van der Waals surface area contributed by atoms with Gasteiger partial charge in [-0.15, -0.1) is 0 Å². The number of rotatable bonds is 5. The third-order valence-electron chi connectivity index (χ3n) is 3.48. The summed E-state index contributed by atoms with van der Waals surface area (Å²) in [6.45, 7) is 2.00. The van der Waals surface area contributed by atoms with Crippen LogP contribution >= 0.6 is 0 Å². The lowest BCUT2D eigenvalue weighted by Crippen LogP contribution is -2.42. The monoisotopic (exact) mass is 262 g/mol. The Hall–Kier alpha value is -1.55. The molecule has 0 spiro atoms. The second-order valence-corrected chi connectivity index (χ2v) is 4.94. The van der Waals surface area contributed by atoms with Gasteiger partial charge >= 0.3 is 0 Å². The number of carbonyl (C=O) groups excluding carboxylic acids is 1. The number of nitrogens with one attached hydrogen (secondary N) is 2. The van der Waals surface area contributed by atoms with Gasteiger partial charge in [-0.1, -0.05) is 12.1 Å². The van der Waals surface area contributed by atoms with Crippen molar-refractivity contribution in [3.8, 4) is 5.75 Å². The quantitative estimate of drug-likeness (QED) is 0.845. The van der Waals surface area contributed by atoms with Crippen molar-refractivity contribution >= 4 is 5.91 Å². The maximum absolute atomic E-state index is 11.9. The molecule has 0 bridgehead atoms. The second kappa shape index (κ2) is 7.14. The molecule has 104 valence electrons. The third kappa shape index (κ3) is 4.56. The zero-order valence-corrected chi connectivity index (χ0v) is 11.4. The van der Waals surface area contributed by atoms with E-state index in [1.807, 2.05) is 24.3 Å². The molecule has 1 heterocycles. The van der Waals surface area contributed by atoms with Gasteiger partial charge in [-0.2, -0.15) is 0 Å². The van der Waals surface area contributed by atoms with Crippen LogP contribution in [0.2, 0.25) is 0 Å². The summed E-state index contributed by atoms with van der Waals surface area (Å²) in [5, 5.41) is 6.40. The SMILES string of the molecule is COc1cccc(CCC(=O)NC2CCNCC2)c1. The lowest BCUT2D eigenvalue weighted by atomic mass is 10.1. The Kier molecular flexibility index (Phi) is 5.21. The summed E-state index contributed by atoms with van der Waals surface area (Å²) in [7, 11) is 1.66. The molecule has 0 atom stereocenters. The summed E-state index contributed by atoms with van der Waals surface area (Å²) in [6.07, 6.45) is 3.36. The van der Waals surface area contributed by atoms with Crippen molar-refractivity contribution in [2.45, 2.75) is 31.7 Å². The molecule has 19 heavy (non-hydrogen) atoms. The molecule has 4 nitrogen and oxygen atoms in total. The predicted molar refractivity (Wildman–Crippen MR) is 75.3 cm³/mol. The molecule has 1 aromatic carbocycles. The highest BCUT2D eigenvalue weighted by atomic mass is 16.5. The molecular formula is C15H22N2O2. The van der Waals surface area contributed by atoms with E-state index in [1.165, 1.54) is 0 Å². The van der Waals surface area contributed by atoms with E-state index < -0.39 is 0 Å². The first-order valence-corrected chi connectivity index (χ1v) is 6.91. The van der Waals surface area contributed by atoms with E-state index in [0.29, 0.717) is 12.5 Å². The molecular weight excluding hydrogens is 240 g/mol. The first-order chi connectivity index (χ1) is 9.28. The zero-order valence-electron chi connectivity index (χ0n) is 11.4. The van der Waals surface area contributed by atoms with Crippen LogP contribution in [0.1, 0.15) is 24.8 Å². The molecule has 0 radical (unpaired) electrons. The summed E-state index contributed by atoms with van der Waals surface area (Å²) >= 11 is 0. The van der Waals surface area contributed by atoms with Crippen molar-refractivity contribution in [1.82, 2.24) is 10.6 Å². The van der Waals surface area contributed by atoms with E-state index in [0.717, 1.165) is 43.7 Å². The Morgan fingerprint density at radius 2 is 2.21 bits per heavy atom. The van der Waals surface area contributed by atoms with Crippen LogP contribution in [0.4, 0.5) is 0 Å². The van der Waals surface area contributed by atoms with Gasteiger partial charge in [-0.3, -0.25) is 4.79 Å². The molecule has 1 aliphatic heterocycles. The number of piperidine rings is 1. The zero-order chi connectivity index (χ0) is 13.5. The standard InChI is InChI=1S/C15H22N2O2/c1-19-14-4-2-3-12(11-14)5-6-15(18)17-13-7-9-16-10-8-13/h2-4,11,13,16H,5-10H2,1H3,(H,17,18). The van der Waals surface area contributed by atoms with Crippen LogP contribution in [0.3, 0.4) is 0 Å².